The Morgan fingerprint density at radius 3 is 2.48 bits per heavy atom. The van der Waals surface area contributed by atoms with E-state index in [9.17, 15) is 19.8 Å². The lowest BCUT2D eigenvalue weighted by atomic mass is 10.1. The summed E-state index contributed by atoms with van der Waals surface area (Å²) in [5.74, 6) is -2.01. The summed E-state index contributed by atoms with van der Waals surface area (Å²) in [6.07, 6.45) is 4.62. The van der Waals surface area contributed by atoms with Crippen LogP contribution in [0.3, 0.4) is 0 Å². The number of para-hydroxylation sites is 2. The number of carbonyl (C=O) groups is 1. The maximum Gasteiger partial charge on any atom is 0.358 e. The van der Waals surface area contributed by atoms with Crippen LogP contribution < -0.4 is 5.56 Å². The molecule has 1 fully saturated rings. The van der Waals surface area contributed by atoms with Gasteiger partial charge in [-0.1, -0.05) is 18.6 Å². The van der Waals surface area contributed by atoms with Gasteiger partial charge in [0, 0.05) is 6.54 Å². The maximum atomic E-state index is 12.6. The molecular weight excluding hydrogens is 348 g/mol. The van der Waals surface area contributed by atoms with E-state index in [1.165, 1.54) is 23.7 Å². The van der Waals surface area contributed by atoms with Crippen molar-refractivity contribution in [1.29, 1.82) is 0 Å². The van der Waals surface area contributed by atoms with Gasteiger partial charge in [-0.25, -0.2) is 14.2 Å². The number of nitrogens with zero attached hydrogens (tertiary/aromatic N) is 4. The van der Waals surface area contributed by atoms with Crippen LogP contribution in [0, 0.1) is 0 Å². The topological polar surface area (TPSA) is 100 Å². The Morgan fingerprint density at radius 1 is 1.07 bits per heavy atom. The van der Waals surface area contributed by atoms with Crippen molar-refractivity contribution in [2.75, 3.05) is 19.6 Å². The second kappa shape index (κ2) is 7.03. The van der Waals surface area contributed by atoms with Gasteiger partial charge in [-0.15, -0.1) is 0 Å². The van der Waals surface area contributed by atoms with Gasteiger partial charge in [-0.05, 0) is 51.0 Å². The fourth-order valence-corrected chi connectivity index (χ4v) is 3.89. The van der Waals surface area contributed by atoms with E-state index >= 15 is 0 Å². The highest BCUT2D eigenvalue weighted by atomic mass is 16.4. The van der Waals surface area contributed by atoms with E-state index in [1.807, 2.05) is 16.7 Å². The van der Waals surface area contributed by atoms with E-state index in [0.717, 1.165) is 31.6 Å². The number of aromatic carboxylic acids is 1. The summed E-state index contributed by atoms with van der Waals surface area (Å²) in [6.45, 7) is 3.79. The van der Waals surface area contributed by atoms with Crippen LogP contribution in [0.4, 0.5) is 0 Å². The quantitative estimate of drug-likeness (QED) is 0.712. The molecule has 142 valence electrons. The maximum absolute atomic E-state index is 12.6. The van der Waals surface area contributed by atoms with Crippen LogP contribution in [0.5, 0.6) is 5.75 Å². The number of aromatic nitrogens is 3. The van der Waals surface area contributed by atoms with Gasteiger partial charge < -0.3 is 19.7 Å². The average molecular weight is 370 g/mol. The molecule has 1 saturated heterocycles. The zero-order valence-electron chi connectivity index (χ0n) is 15.0. The number of likely N-dealkylation sites (tertiary alicyclic amines) is 1. The number of piperidine rings is 1. The number of imidazole rings is 1. The van der Waals surface area contributed by atoms with Crippen LogP contribution in [-0.2, 0) is 6.54 Å². The van der Waals surface area contributed by atoms with Gasteiger partial charge in [0.25, 0.3) is 0 Å². The first kappa shape index (κ1) is 17.5. The standard InChI is InChI=1S/C19H22N4O4/c24-16-15(18(26)27)20-19-22(12-6-11-21-9-4-1-5-10-21)13-7-2-3-8-14(13)23(19)17(16)25/h2-3,7-8,24H,1,4-6,9-12H2,(H,26,27). The number of aryl methyl sites for hydroxylation is 1. The molecule has 0 unspecified atom stereocenters. The van der Waals surface area contributed by atoms with Gasteiger partial charge in [-0.2, -0.15) is 0 Å². The third-order valence-electron chi connectivity index (χ3n) is 5.20. The Kier molecular flexibility index (Phi) is 4.57. The highest BCUT2D eigenvalue weighted by Gasteiger charge is 2.22. The lowest BCUT2D eigenvalue weighted by Gasteiger charge is -2.26. The van der Waals surface area contributed by atoms with Gasteiger partial charge in [0.05, 0.1) is 11.0 Å². The second-order valence-electron chi connectivity index (χ2n) is 6.95. The smallest absolute Gasteiger partial charge is 0.358 e. The van der Waals surface area contributed by atoms with E-state index in [4.69, 9.17) is 0 Å². The Morgan fingerprint density at radius 2 is 1.78 bits per heavy atom. The van der Waals surface area contributed by atoms with Gasteiger partial charge in [0.2, 0.25) is 11.5 Å². The van der Waals surface area contributed by atoms with Crippen molar-refractivity contribution in [3.05, 3.63) is 40.3 Å². The van der Waals surface area contributed by atoms with Crippen molar-refractivity contribution >= 4 is 22.8 Å². The summed E-state index contributed by atoms with van der Waals surface area (Å²) in [5.41, 5.74) is 0.0290. The molecule has 0 saturated carbocycles. The molecule has 0 aliphatic carbocycles. The molecule has 0 spiro atoms. The number of hydrogen-bond donors (Lipinski definition) is 2. The van der Waals surface area contributed by atoms with Crippen LogP contribution in [-0.4, -0.2) is 54.7 Å². The molecule has 8 heteroatoms. The van der Waals surface area contributed by atoms with Gasteiger partial charge in [-0.3, -0.25) is 4.79 Å². The predicted molar refractivity (Wildman–Crippen MR) is 100 cm³/mol. The van der Waals surface area contributed by atoms with E-state index in [0.29, 0.717) is 12.1 Å². The van der Waals surface area contributed by atoms with Crippen LogP contribution in [0.15, 0.2) is 29.1 Å². The first-order valence-corrected chi connectivity index (χ1v) is 9.26. The molecule has 4 rings (SSSR count). The number of rotatable bonds is 5. The Bertz CT molecular complexity index is 1060. The fraction of sp³-hybridized carbons (Fsp3) is 0.421. The predicted octanol–water partition coefficient (Wildman–Crippen LogP) is 1.93. The van der Waals surface area contributed by atoms with E-state index < -0.39 is 23.0 Å². The third-order valence-corrected chi connectivity index (χ3v) is 5.20. The van der Waals surface area contributed by atoms with Crippen molar-refractivity contribution in [3.8, 4) is 5.75 Å². The highest BCUT2D eigenvalue weighted by Crippen LogP contribution is 2.21. The molecule has 1 aliphatic heterocycles. The van der Waals surface area contributed by atoms with Crippen molar-refractivity contribution in [1.82, 2.24) is 18.9 Å². The van der Waals surface area contributed by atoms with Crippen LogP contribution in [0.1, 0.15) is 36.2 Å². The zero-order chi connectivity index (χ0) is 19.0. The highest BCUT2D eigenvalue weighted by molar-refractivity contribution is 5.90. The summed E-state index contributed by atoms with van der Waals surface area (Å²) in [5, 5.41) is 19.3. The zero-order valence-corrected chi connectivity index (χ0v) is 15.0. The van der Waals surface area contributed by atoms with Crippen LogP contribution >= 0.6 is 0 Å². The molecule has 27 heavy (non-hydrogen) atoms. The number of carboxylic acids is 1. The molecule has 0 bridgehead atoms. The minimum Gasteiger partial charge on any atom is -0.501 e. The van der Waals surface area contributed by atoms with Gasteiger partial charge >= 0.3 is 11.5 Å². The molecule has 1 aromatic carbocycles. The van der Waals surface area contributed by atoms with E-state index in [-0.39, 0.29) is 5.78 Å². The Labute approximate surface area is 155 Å². The molecule has 8 nitrogen and oxygen atoms in total. The van der Waals surface area contributed by atoms with E-state index in [2.05, 4.69) is 9.88 Å². The number of carboxylic acid groups (broad SMARTS) is 1. The minimum absolute atomic E-state index is 0.245. The normalized spacial score (nSPS) is 15.6. The lowest BCUT2D eigenvalue weighted by molar-refractivity contribution is 0.0686. The molecule has 0 atom stereocenters. The lowest BCUT2D eigenvalue weighted by Crippen LogP contribution is -2.31. The summed E-state index contributed by atoms with van der Waals surface area (Å²) in [7, 11) is 0. The molecule has 2 aromatic heterocycles. The molecule has 1 aliphatic rings. The van der Waals surface area contributed by atoms with Crippen LogP contribution in [0.25, 0.3) is 16.8 Å². The number of fused-ring (bicyclic) bond motifs is 3. The summed E-state index contributed by atoms with van der Waals surface area (Å²) >= 11 is 0. The summed E-state index contributed by atoms with van der Waals surface area (Å²) < 4.78 is 3.16. The average Bonchev–Trinajstić information content (AvgIpc) is 2.99. The number of hydrogen-bond acceptors (Lipinski definition) is 5. The summed E-state index contributed by atoms with van der Waals surface area (Å²) in [6, 6.07) is 7.31. The van der Waals surface area contributed by atoms with Gasteiger partial charge in [0.1, 0.15) is 0 Å². The van der Waals surface area contributed by atoms with Gasteiger partial charge in [0.15, 0.2) is 5.69 Å². The Balaban J connectivity index is 1.77. The number of aromatic hydroxyl groups is 1. The molecule has 3 aromatic rings. The van der Waals surface area contributed by atoms with Crippen LogP contribution in [0.2, 0.25) is 0 Å². The van der Waals surface area contributed by atoms with Crippen molar-refractivity contribution in [3.63, 3.8) is 0 Å². The first-order valence-electron chi connectivity index (χ1n) is 9.26. The largest absolute Gasteiger partial charge is 0.501 e. The second-order valence-corrected chi connectivity index (χ2v) is 6.95. The molecule has 0 radical (unpaired) electrons. The molecular formula is C19H22N4O4. The van der Waals surface area contributed by atoms with Crippen molar-refractivity contribution in [2.45, 2.75) is 32.2 Å². The fourth-order valence-electron chi connectivity index (χ4n) is 3.89. The van der Waals surface area contributed by atoms with Crippen molar-refractivity contribution < 1.29 is 15.0 Å². The summed E-state index contributed by atoms with van der Waals surface area (Å²) in [4.78, 5) is 30.5. The first-order chi connectivity index (χ1) is 13.1. The molecule has 0 amide bonds. The van der Waals surface area contributed by atoms with E-state index in [1.54, 1.807) is 12.1 Å². The minimum atomic E-state index is -1.42. The Hall–Kier alpha value is -2.87. The van der Waals surface area contributed by atoms with Crippen molar-refractivity contribution in [2.24, 2.45) is 0 Å². The molecule has 2 N–H and O–H groups in total. The number of benzene rings is 1. The monoisotopic (exact) mass is 370 g/mol. The SMILES string of the molecule is O=C(O)c1nc2n(CCCN3CCCCC3)c3ccccc3n2c(=O)c1O. The molecule has 3 heterocycles. The third kappa shape index (κ3) is 3.06.